The Kier molecular flexibility index (Phi) is 2.97. The van der Waals surface area contributed by atoms with Gasteiger partial charge >= 0.3 is 0 Å². The molecule has 0 spiro atoms. The molecule has 4 N–H and O–H groups in total. The molecule has 0 aliphatic heterocycles. The molecule has 0 amide bonds. The van der Waals surface area contributed by atoms with E-state index in [1.807, 2.05) is 0 Å². The van der Waals surface area contributed by atoms with Crippen LogP contribution in [-0.2, 0) is 0 Å². The van der Waals surface area contributed by atoms with Crippen LogP contribution in [0.1, 0.15) is 17.2 Å². The first-order valence-corrected chi connectivity index (χ1v) is 5.10. The van der Waals surface area contributed by atoms with Gasteiger partial charge < -0.3 is 15.9 Å². The number of halogens is 1. The summed E-state index contributed by atoms with van der Waals surface area (Å²) in [6.45, 7) is 0. The molecule has 0 aromatic heterocycles. The SMILES string of the molecule is Nc1c(O)cccc1C(O)c1cccc(F)c1. The molecule has 0 aliphatic carbocycles. The van der Waals surface area contributed by atoms with E-state index in [4.69, 9.17) is 5.73 Å². The Morgan fingerprint density at radius 2 is 1.82 bits per heavy atom. The highest BCUT2D eigenvalue weighted by Crippen LogP contribution is 2.32. The summed E-state index contributed by atoms with van der Waals surface area (Å²) in [7, 11) is 0. The molecule has 0 aliphatic rings. The third-order valence-electron chi connectivity index (χ3n) is 2.58. The van der Waals surface area contributed by atoms with Crippen LogP contribution in [0.5, 0.6) is 5.75 Å². The summed E-state index contributed by atoms with van der Waals surface area (Å²) in [4.78, 5) is 0. The van der Waals surface area contributed by atoms with E-state index in [1.165, 1.54) is 24.3 Å². The van der Waals surface area contributed by atoms with E-state index in [-0.39, 0.29) is 11.4 Å². The number of anilines is 1. The molecule has 2 aromatic carbocycles. The lowest BCUT2D eigenvalue weighted by Crippen LogP contribution is -2.04. The Bertz CT molecular complexity index is 543. The molecule has 0 heterocycles. The molecule has 1 atom stereocenters. The number of hydrogen-bond acceptors (Lipinski definition) is 3. The van der Waals surface area contributed by atoms with Gasteiger partial charge in [0, 0.05) is 5.56 Å². The number of para-hydroxylation sites is 1. The number of nitrogens with two attached hydrogens (primary N) is 1. The standard InChI is InChI=1S/C13H12FNO2/c14-9-4-1-3-8(7-9)13(17)10-5-2-6-11(16)12(10)15/h1-7,13,16-17H,15H2. The zero-order valence-electron chi connectivity index (χ0n) is 8.97. The minimum absolute atomic E-state index is 0.0991. The highest BCUT2D eigenvalue weighted by atomic mass is 19.1. The molecule has 0 saturated heterocycles. The Labute approximate surface area is 97.9 Å². The molecular weight excluding hydrogens is 221 g/mol. The molecule has 4 heteroatoms. The van der Waals surface area contributed by atoms with Crippen molar-refractivity contribution in [3.8, 4) is 5.75 Å². The average Bonchev–Trinajstić information content (AvgIpc) is 2.32. The predicted molar refractivity (Wildman–Crippen MR) is 63.0 cm³/mol. The second kappa shape index (κ2) is 4.43. The number of phenols is 1. The number of nitrogen functional groups attached to an aromatic ring is 1. The maximum atomic E-state index is 13.0. The van der Waals surface area contributed by atoms with Gasteiger partial charge in [0.1, 0.15) is 17.7 Å². The van der Waals surface area contributed by atoms with Crippen LogP contribution in [0.3, 0.4) is 0 Å². The van der Waals surface area contributed by atoms with Gasteiger partial charge in [-0.2, -0.15) is 0 Å². The van der Waals surface area contributed by atoms with Gasteiger partial charge in [-0.1, -0.05) is 24.3 Å². The maximum absolute atomic E-state index is 13.0. The van der Waals surface area contributed by atoms with Crippen molar-refractivity contribution in [1.82, 2.24) is 0 Å². The van der Waals surface area contributed by atoms with Crippen molar-refractivity contribution in [2.24, 2.45) is 0 Å². The number of hydrogen-bond donors (Lipinski definition) is 3. The summed E-state index contributed by atoms with van der Waals surface area (Å²) in [5.41, 5.74) is 6.50. The summed E-state index contributed by atoms with van der Waals surface area (Å²) < 4.78 is 13.0. The first kappa shape index (κ1) is 11.4. The van der Waals surface area contributed by atoms with Crippen LogP contribution in [0, 0.1) is 5.82 Å². The normalized spacial score (nSPS) is 12.4. The Morgan fingerprint density at radius 3 is 2.53 bits per heavy atom. The number of benzene rings is 2. The molecule has 0 radical (unpaired) electrons. The zero-order valence-corrected chi connectivity index (χ0v) is 8.97. The summed E-state index contributed by atoms with van der Waals surface area (Å²) in [5.74, 6) is -0.529. The fraction of sp³-hybridized carbons (Fsp3) is 0.0769. The molecule has 1 unspecified atom stereocenters. The van der Waals surface area contributed by atoms with E-state index >= 15 is 0 Å². The Balaban J connectivity index is 2.44. The van der Waals surface area contributed by atoms with Gasteiger partial charge in [0.2, 0.25) is 0 Å². The van der Waals surface area contributed by atoms with E-state index in [9.17, 15) is 14.6 Å². The van der Waals surface area contributed by atoms with Crippen LogP contribution in [0.2, 0.25) is 0 Å². The van der Waals surface area contributed by atoms with Crippen LogP contribution >= 0.6 is 0 Å². The first-order chi connectivity index (χ1) is 8.09. The number of phenolic OH excluding ortho intramolecular Hbond substituents is 1. The van der Waals surface area contributed by atoms with Crippen LogP contribution < -0.4 is 5.73 Å². The van der Waals surface area contributed by atoms with Crippen LogP contribution in [-0.4, -0.2) is 10.2 Å². The van der Waals surface area contributed by atoms with Crippen molar-refractivity contribution in [3.63, 3.8) is 0 Å². The maximum Gasteiger partial charge on any atom is 0.138 e. The second-order valence-corrected chi connectivity index (χ2v) is 3.74. The summed E-state index contributed by atoms with van der Waals surface area (Å²) in [5, 5.41) is 19.5. The van der Waals surface area contributed by atoms with E-state index in [0.29, 0.717) is 11.1 Å². The van der Waals surface area contributed by atoms with E-state index in [2.05, 4.69) is 0 Å². The molecule has 88 valence electrons. The lowest BCUT2D eigenvalue weighted by molar-refractivity contribution is 0.220. The van der Waals surface area contributed by atoms with Gasteiger partial charge in [0.05, 0.1) is 5.69 Å². The molecule has 17 heavy (non-hydrogen) atoms. The molecule has 2 rings (SSSR count). The van der Waals surface area contributed by atoms with Crippen LogP contribution in [0.15, 0.2) is 42.5 Å². The highest BCUT2D eigenvalue weighted by Gasteiger charge is 2.15. The van der Waals surface area contributed by atoms with Crippen molar-refractivity contribution in [1.29, 1.82) is 0 Å². The van der Waals surface area contributed by atoms with E-state index in [0.717, 1.165) is 0 Å². The molecular formula is C13H12FNO2. The summed E-state index contributed by atoms with van der Waals surface area (Å²) in [6.07, 6.45) is -1.06. The van der Waals surface area contributed by atoms with E-state index < -0.39 is 11.9 Å². The molecule has 0 fully saturated rings. The lowest BCUT2D eigenvalue weighted by Gasteiger charge is -2.14. The third-order valence-corrected chi connectivity index (χ3v) is 2.58. The number of aliphatic hydroxyl groups is 1. The van der Waals surface area contributed by atoms with E-state index in [1.54, 1.807) is 18.2 Å². The molecule has 0 bridgehead atoms. The monoisotopic (exact) mass is 233 g/mol. The fourth-order valence-electron chi connectivity index (χ4n) is 1.67. The van der Waals surface area contributed by atoms with Crippen molar-refractivity contribution in [2.75, 3.05) is 5.73 Å². The Morgan fingerprint density at radius 1 is 1.12 bits per heavy atom. The van der Waals surface area contributed by atoms with Gasteiger partial charge in [0.25, 0.3) is 0 Å². The first-order valence-electron chi connectivity index (χ1n) is 5.10. The van der Waals surface area contributed by atoms with Crippen molar-refractivity contribution in [2.45, 2.75) is 6.10 Å². The van der Waals surface area contributed by atoms with Gasteiger partial charge in [-0.05, 0) is 23.8 Å². The second-order valence-electron chi connectivity index (χ2n) is 3.74. The van der Waals surface area contributed by atoms with Crippen molar-refractivity contribution >= 4 is 5.69 Å². The predicted octanol–water partition coefficient (Wildman–Crippen LogP) is 2.20. The molecule has 3 nitrogen and oxygen atoms in total. The molecule has 0 saturated carbocycles. The smallest absolute Gasteiger partial charge is 0.138 e. The average molecular weight is 233 g/mol. The topological polar surface area (TPSA) is 66.5 Å². The van der Waals surface area contributed by atoms with Crippen LogP contribution in [0.4, 0.5) is 10.1 Å². The quantitative estimate of drug-likeness (QED) is 0.550. The van der Waals surface area contributed by atoms with Gasteiger partial charge in [-0.25, -0.2) is 4.39 Å². The lowest BCUT2D eigenvalue weighted by atomic mass is 9.99. The number of rotatable bonds is 2. The minimum Gasteiger partial charge on any atom is -0.506 e. The fourth-order valence-corrected chi connectivity index (χ4v) is 1.67. The van der Waals surface area contributed by atoms with Gasteiger partial charge in [-0.3, -0.25) is 0 Å². The van der Waals surface area contributed by atoms with Gasteiger partial charge in [-0.15, -0.1) is 0 Å². The largest absolute Gasteiger partial charge is 0.506 e. The summed E-state index contributed by atoms with van der Waals surface area (Å²) >= 11 is 0. The Hall–Kier alpha value is -2.07. The third kappa shape index (κ3) is 2.21. The summed E-state index contributed by atoms with van der Waals surface area (Å²) in [6, 6.07) is 10.2. The van der Waals surface area contributed by atoms with Crippen LogP contribution in [0.25, 0.3) is 0 Å². The highest BCUT2D eigenvalue weighted by molar-refractivity contribution is 5.59. The van der Waals surface area contributed by atoms with Crippen molar-refractivity contribution in [3.05, 3.63) is 59.4 Å². The zero-order chi connectivity index (χ0) is 12.4. The van der Waals surface area contributed by atoms with Crippen molar-refractivity contribution < 1.29 is 14.6 Å². The number of aliphatic hydroxyl groups excluding tert-OH is 1. The number of aromatic hydroxyl groups is 1. The minimum atomic E-state index is -1.06. The van der Waals surface area contributed by atoms with Gasteiger partial charge in [0.15, 0.2) is 0 Å². The molecule has 2 aromatic rings.